The summed E-state index contributed by atoms with van der Waals surface area (Å²) >= 11 is 1.35. The number of hydrogen-bond donors (Lipinski definition) is 1. The van der Waals surface area contributed by atoms with Crippen LogP contribution in [0.4, 0.5) is 0 Å². The summed E-state index contributed by atoms with van der Waals surface area (Å²) in [6.45, 7) is 2.09. The molecule has 2 rings (SSSR count). The van der Waals surface area contributed by atoms with E-state index in [0.29, 0.717) is 11.8 Å². The number of rotatable bonds is 4. The molecule has 2 heterocycles. The number of hydrogen-bond acceptors (Lipinski definition) is 7. The van der Waals surface area contributed by atoms with Crippen LogP contribution in [0.3, 0.4) is 0 Å². The van der Waals surface area contributed by atoms with Gasteiger partial charge < -0.3 is 9.84 Å². The largest absolute Gasteiger partial charge is 0.363 e. The molecule has 0 aromatic carbocycles. The Morgan fingerprint density at radius 2 is 2.26 bits per heavy atom. The van der Waals surface area contributed by atoms with Crippen molar-refractivity contribution in [2.24, 2.45) is 7.05 Å². The highest BCUT2D eigenvalue weighted by Gasteiger charge is 2.14. The number of nitrogens with zero attached hydrogens (tertiary/aromatic N) is 4. The van der Waals surface area contributed by atoms with Crippen LogP contribution in [0.5, 0.6) is 0 Å². The van der Waals surface area contributed by atoms with E-state index in [1.54, 1.807) is 14.0 Å². The first kappa shape index (κ1) is 13.9. The minimum absolute atomic E-state index is 0.122. The maximum absolute atomic E-state index is 12.1. The van der Waals surface area contributed by atoms with Gasteiger partial charge >= 0.3 is 0 Å². The van der Waals surface area contributed by atoms with Gasteiger partial charge in [-0.25, -0.2) is 15.0 Å². The number of thioether (sulfide) groups is 1. The van der Waals surface area contributed by atoms with E-state index in [1.807, 2.05) is 6.26 Å². The molecule has 0 spiro atoms. The predicted molar refractivity (Wildman–Crippen MR) is 70.9 cm³/mol. The highest BCUT2D eigenvalue weighted by atomic mass is 32.2. The zero-order valence-corrected chi connectivity index (χ0v) is 11.6. The van der Waals surface area contributed by atoms with E-state index in [1.165, 1.54) is 22.5 Å². The molecule has 0 saturated heterocycles. The maximum atomic E-state index is 12.1. The second kappa shape index (κ2) is 5.64. The molecule has 0 aliphatic carbocycles. The molecule has 1 unspecified atom stereocenters. The zero-order chi connectivity index (χ0) is 14.0. The van der Waals surface area contributed by atoms with Crippen molar-refractivity contribution in [2.75, 3.05) is 12.9 Å². The molecule has 2 aromatic heterocycles. The van der Waals surface area contributed by atoms with Crippen molar-refractivity contribution in [2.45, 2.75) is 18.4 Å². The summed E-state index contributed by atoms with van der Waals surface area (Å²) in [4.78, 5) is 24.5. The summed E-state index contributed by atoms with van der Waals surface area (Å²) in [5, 5.41) is 10.2. The van der Waals surface area contributed by atoms with Crippen molar-refractivity contribution in [3.8, 4) is 0 Å². The Bertz CT molecular complexity index is 658. The molecule has 0 amide bonds. The lowest BCUT2D eigenvalue weighted by atomic mass is 10.4. The molecule has 7 nitrogen and oxygen atoms in total. The van der Waals surface area contributed by atoms with Crippen LogP contribution in [-0.4, -0.2) is 37.5 Å². The highest BCUT2D eigenvalue weighted by Crippen LogP contribution is 2.15. The molecule has 1 N–H and O–H groups in total. The number of aliphatic hydroxyl groups excluding tert-OH is 1. The van der Waals surface area contributed by atoms with Crippen LogP contribution >= 0.6 is 11.8 Å². The number of aliphatic hydroxyl groups is 1. The Kier molecular flexibility index (Phi) is 4.13. The van der Waals surface area contributed by atoms with Crippen LogP contribution in [0.2, 0.25) is 0 Å². The van der Waals surface area contributed by atoms with E-state index in [4.69, 9.17) is 4.74 Å². The Hall–Kier alpha value is -1.51. The smallest absolute Gasteiger partial charge is 0.282 e. The van der Waals surface area contributed by atoms with Gasteiger partial charge in [0.05, 0.1) is 6.20 Å². The molecule has 0 aliphatic heterocycles. The van der Waals surface area contributed by atoms with Gasteiger partial charge in [0.1, 0.15) is 5.69 Å². The lowest BCUT2D eigenvalue weighted by Gasteiger charge is -2.10. The minimum Gasteiger partial charge on any atom is -0.363 e. The van der Waals surface area contributed by atoms with Crippen LogP contribution in [0.1, 0.15) is 18.9 Å². The summed E-state index contributed by atoms with van der Waals surface area (Å²) in [6, 6.07) is 0. The SMILES string of the molecule is CCOC(O)c1cnc2nc(SC)n(C)c(=O)c2n1. The second-order valence-electron chi connectivity index (χ2n) is 3.74. The monoisotopic (exact) mass is 282 g/mol. The number of ether oxygens (including phenoxy) is 1. The van der Waals surface area contributed by atoms with E-state index in [-0.39, 0.29) is 22.4 Å². The number of aromatic nitrogens is 4. The Morgan fingerprint density at radius 1 is 1.53 bits per heavy atom. The van der Waals surface area contributed by atoms with Crippen molar-refractivity contribution in [1.82, 2.24) is 19.5 Å². The molecule has 102 valence electrons. The summed E-state index contributed by atoms with van der Waals surface area (Å²) in [5.41, 5.74) is 0.286. The van der Waals surface area contributed by atoms with E-state index >= 15 is 0 Å². The average Bonchev–Trinajstić information content (AvgIpc) is 2.42. The summed E-state index contributed by atoms with van der Waals surface area (Å²) < 4.78 is 6.41. The van der Waals surface area contributed by atoms with E-state index in [0.717, 1.165) is 0 Å². The van der Waals surface area contributed by atoms with Gasteiger partial charge in [-0.2, -0.15) is 0 Å². The molecule has 2 aromatic rings. The van der Waals surface area contributed by atoms with Crippen LogP contribution in [0, 0.1) is 0 Å². The van der Waals surface area contributed by atoms with Crippen LogP contribution in [-0.2, 0) is 11.8 Å². The molecule has 0 radical (unpaired) electrons. The molecule has 19 heavy (non-hydrogen) atoms. The summed E-state index contributed by atoms with van der Waals surface area (Å²) in [7, 11) is 1.62. The van der Waals surface area contributed by atoms with Gasteiger partial charge in [-0.15, -0.1) is 0 Å². The fraction of sp³-hybridized carbons (Fsp3) is 0.455. The van der Waals surface area contributed by atoms with E-state index in [9.17, 15) is 9.90 Å². The van der Waals surface area contributed by atoms with Gasteiger partial charge in [0.15, 0.2) is 22.6 Å². The first-order valence-electron chi connectivity index (χ1n) is 5.65. The van der Waals surface area contributed by atoms with E-state index < -0.39 is 6.29 Å². The van der Waals surface area contributed by atoms with Crippen molar-refractivity contribution < 1.29 is 9.84 Å². The quantitative estimate of drug-likeness (QED) is 0.495. The minimum atomic E-state index is -1.19. The van der Waals surface area contributed by atoms with Crippen molar-refractivity contribution in [1.29, 1.82) is 0 Å². The third-order valence-electron chi connectivity index (χ3n) is 2.53. The summed E-state index contributed by atoms with van der Waals surface area (Å²) in [6.07, 6.45) is 2.00. The molecule has 0 aliphatic rings. The molecule has 8 heteroatoms. The summed E-state index contributed by atoms with van der Waals surface area (Å²) in [5.74, 6) is 0. The van der Waals surface area contributed by atoms with Gasteiger partial charge in [-0.05, 0) is 13.2 Å². The van der Waals surface area contributed by atoms with Gasteiger partial charge in [0.2, 0.25) is 0 Å². The maximum Gasteiger partial charge on any atom is 0.282 e. The topological polar surface area (TPSA) is 90.1 Å². The Labute approximate surface area is 113 Å². The molecule has 0 saturated carbocycles. The first-order valence-corrected chi connectivity index (χ1v) is 6.88. The fourth-order valence-electron chi connectivity index (χ4n) is 1.58. The predicted octanol–water partition coefficient (Wildman–Crippen LogP) is 0.473. The lowest BCUT2D eigenvalue weighted by Crippen LogP contribution is -2.22. The molecule has 0 fully saturated rings. The lowest BCUT2D eigenvalue weighted by molar-refractivity contribution is -0.101. The third-order valence-corrected chi connectivity index (χ3v) is 3.26. The fourth-order valence-corrected chi connectivity index (χ4v) is 2.11. The Balaban J connectivity index is 2.60. The molecule has 1 atom stereocenters. The van der Waals surface area contributed by atoms with Gasteiger partial charge in [0.25, 0.3) is 5.56 Å². The van der Waals surface area contributed by atoms with Crippen molar-refractivity contribution in [3.05, 3.63) is 22.2 Å². The van der Waals surface area contributed by atoms with E-state index in [2.05, 4.69) is 15.0 Å². The average molecular weight is 282 g/mol. The van der Waals surface area contributed by atoms with Crippen molar-refractivity contribution >= 4 is 22.9 Å². The van der Waals surface area contributed by atoms with Gasteiger partial charge in [0, 0.05) is 13.7 Å². The zero-order valence-electron chi connectivity index (χ0n) is 10.8. The van der Waals surface area contributed by atoms with Gasteiger partial charge in [-0.3, -0.25) is 9.36 Å². The first-order chi connectivity index (χ1) is 9.08. The Morgan fingerprint density at radius 3 is 2.89 bits per heavy atom. The highest BCUT2D eigenvalue weighted by molar-refractivity contribution is 7.98. The standard InChI is InChI=1S/C11H14N4O3S/c1-4-18-10(17)6-5-12-8-7(13-6)9(16)15(2)11(14-8)19-3/h5,10,17H,4H2,1-3H3. The molecular formula is C11H14N4O3S. The second-order valence-corrected chi connectivity index (χ2v) is 4.51. The van der Waals surface area contributed by atoms with Crippen LogP contribution in [0.15, 0.2) is 16.1 Å². The third kappa shape index (κ3) is 2.60. The molecular weight excluding hydrogens is 268 g/mol. The van der Waals surface area contributed by atoms with Crippen LogP contribution in [0.25, 0.3) is 11.2 Å². The van der Waals surface area contributed by atoms with Crippen LogP contribution < -0.4 is 5.56 Å². The normalized spacial score (nSPS) is 12.8. The number of fused-ring (bicyclic) bond motifs is 1. The van der Waals surface area contributed by atoms with Crippen molar-refractivity contribution in [3.63, 3.8) is 0 Å². The van der Waals surface area contributed by atoms with Gasteiger partial charge in [-0.1, -0.05) is 11.8 Å². The molecule has 0 bridgehead atoms.